The summed E-state index contributed by atoms with van der Waals surface area (Å²) in [6.45, 7) is 4.59. The molecule has 0 aliphatic carbocycles. The minimum Gasteiger partial charge on any atom is -0.469 e. The van der Waals surface area contributed by atoms with Crippen molar-refractivity contribution >= 4 is 5.97 Å². The summed E-state index contributed by atoms with van der Waals surface area (Å²) in [7, 11) is 1.48. The normalized spacial score (nSPS) is 21.3. The van der Waals surface area contributed by atoms with Gasteiger partial charge in [0.2, 0.25) is 0 Å². The molecule has 1 saturated heterocycles. The van der Waals surface area contributed by atoms with E-state index in [1.807, 2.05) is 6.07 Å². The molecular formula is C20H23NO2. The molecule has 0 bridgehead atoms. The lowest BCUT2D eigenvalue weighted by molar-refractivity contribution is -0.145. The van der Waals surface area contributed by atoms with Crippen LogP contribution in [0.4, 0.5) is 0 Å². The topological polar surface area (TPSA) is 29.5 Å². The second-order valence-corrected chi connectivity index (χ2v) is 6.33. The zero-order chi connectivity index (χ0) is 16.2. The van der Waals surface area contributed by atoms with Gasteiger partial charge in [-0.25, -0.2) is 0 Å². The maximum atomic E-state index is 12.2. The van der Waals surface area contributed by atoms with Crippen LogP contribution in [0.3, 0.4) is 0 Å². The van der Waals surface area contributed by atoms with E-state index < -0.39 is 0 Å². The Kier molecular flexibility index (Phi) is 4.77. The Hall–Kier alpha value is -2.13. The SMILES string of the molecule is COC(=O)[C@@H]1CN(Cc2ccccc2)C[C@H]1c1ccc(C)cc1. The van der Waals surface area contributed by atoms with E-state index in [9.17, 15) is 4.79 Å². The average Bonchev–Trinajstić information content (AvgIpc) is 2.99. The number of ether oxygens (including phenoxy) is 1. The summed E-state index contributed by atoms with van der Waals surface area (Å²) in [5.41, 5.74) is 3.74. The molecule has 0 amide bonds. The summed E-state index contributed by atoms with van der Waals surface area (Å²) in [6, 6.07) is 18.9. The van der Waals surface area contributed by atoms with Gasteiger partial charge in [-0.05, 0) is 18.1 Å². The number of likely N-dealkylation sites (tertiary alicyclic amines) is 1. The number of esters is 1. The fourth-order valence-electron chi connectivity index (χ4n) is 3.40. The molecule has 23 heavy (non-hydrogen) atoms. The molecule has 2 atom stereocenters. The van der Waals surface area contributed by atoms with Gasteiger partial charge in [-0.3, -0.25) is 9.69 Å². The first-order chi connectivity index (χ1) is 11.2. The Morgan fingerprint density at radius 3 is 2.43 bits per heavy atom. The molecule has 1 heterocycles. The molecule has 1 fully saturated rings. The third-order valence-corrected chi connectivity index (χ3v) is 4.65. The van der Waals surface area contributed by atoms with Gasteiger partial charge in [-0.15, -0.1) is 0 Å². The van der Waals surface area contributed by atoms with E-state index in [4.69, 9.17) is 4.74 Å². The van der Waals surface area contributed by atoms with Gasteiger partial charge in [0.05, 0.1) is 13.0 Å². The maximum Gasteiger partial charge on any atom is 0.310 e. The van der Waals surface area contributed by atoms with E-state index in [2.05, 4.69) is 60.4 Å². The third kappa shape index (κ3) is 3.62. The molecule has 3 rings (SSSR count). The van der Waals surface area contributed by atoms with Gasteiger partial charge in [0.1, 0.15) is 0 Å². The number of carbonyl (C=O) groups excluding carboxylic acids is 1. The number of hydrogen-bond donors (Lipinski definition) is 0. The number of rotatable bonds is 4. The van der Waals surface area contributed by atoms with Gasteiger partial charge < -0.3 is 4.74 Å². The Morgan fingerprint density at radius 2 is 1.78 bits per heavy atom. The van der Waals surface area contributed by atoms with Crippen molar-refractivity contribution in [1.29, 1.82) is 0 Å². The summed E-state index contributed by atoms with van der Waals surface area (Å²) < 4.78 is 5.04. The molecule has 0 spiro atoms. The van der Waals surface area contributed by atoms with E-state index in [0.29, 0.717) is 0 Å². The van der Waals surface area contributed by atoms with Crippen LogP contribution in [0.25, 0.3) is 0 Å². The van der Waals surface area contributed by atoms with Gasteiger partial charge in [0.15, 0.2) is 0 Å². The first-order valence-electron chi connectivity index (χ1n) is 8.08. The van der Waals surface area contributed by atoms with E-state index in [1.54, 1.807) is 0 Å². The number of benzene rings is 2. The lowest BCUT2D eigenvalue weighted by Gasteiger charge is -2.17. The average molecular weight is 309 g/mol. The van der Waals surface area contributed by atoms with Gasteiger partial charge in [0, 0.05) is 25.6 Å². The van der Waals surface area contributed by atoms with Gasteiger partial charge in [-0.2, -0.15) is 0 Å². The predicted octanol–water partition coefficient (Wildman–Crippen LogP) is 3.38. The molecule has 1 aliphatic rings. The fourth-order valence-corrected chi connectivity index (χ4v) is 3.40. The Bertz CT molecular complexity index is 651. The minimum atomic E-state index is -0.105. The standard InChI is InChI=1S/C20H23NO2/c1-15-8-10-17(11-9-15)18-13-21(14-19(18)20(22)23-2)12-16-6-4-3-5-7-16/h3-11,18-19H,12-14H2,1-2H3/t18-,19+/m0/s1. The summed E-state index contributed by atoms with van der Waals surface area (Å²) in [4.78, 5) is 14.6. The fraction of sp³-hybridized carbons (Fsp3) is 0.350. The highest BCUT2D eigenvalue weighted by atomic mass is 16.5. The van der Waals surface area contributed by atoms with E-state index in [0.717, 1.165) is 19.6 Å². The molecule has 2 aromatic rings. The van der Waals surface area contributed by atoms with E-state index in [-0.39, 0.29) is 17.8 Å². The van der Waals surface area contributed by atoms with E-state index >= 15 is 0 Å². The van der Waals surface area contributed by atoms with Crippen molar-refractivity contribution in [3.8, 4) is 0 Å². The van der Waals surface area contributed by atoms with Crippen molar-refractivity contribution in [3.63, 3.8) is 0 Å². The van der Waals surface area contributed by atoms with Crippen molar-refractivity contribution < 1.29 is 9.53 Å². The van der Waals surface area contributed by atoms with Crippen molar-refractivity contribution in [3.05, 3.63) is 71.3 Å². The number of methoxy groups -OCH3 is 1. The second-order valence-electron chi connectivity index (χ2n) is 6.33. The van der Waals surface area contributed by atoms with Gasteiger partial charge in [-0.1, -0.05) is 60.2 Å². The quantitative estimate of drug-likeness (QED) is 0.811. The highest BCUT2D eigenvalue weighted by Crippen LogP contribution is 2.34. The lowest BCUT2D eigenvalue weighted by Crippen LogP contribution is -2.24. The largest absolute Gasteiger partial charge is 0.469 e. The summed E-state index contributed by atoms with van der Waals surface area (Å²) in [5, 5.41) is 0. The van der Waals surface area contributed by atoms with Crippen LogP contribution in [0.2, 0.25) is 0 Å². The maximum absolute atomic E-state index is 12.2. The molecule has 2 aromatic carbocycles. The van der Waals surface area contributed by atoms with Crippen LogP contribution >= 0.6 is 0 Å². The first-order valence-corrected chi connectivity index (χ1v) is 8.08. The molecule has 0 unspecified atom stereocenters. The predicted molar refractivity (Wildman–Crippen MR) is 91.1 cm³/mol. The van der Waals surface area contributed by atoms with Crippen LogP contribution in [0.1, 0.15) is 22.6 Å². The zero-order valence-corrected chi connectivity index (χ0v) is 13.7. The van der Waals surface area contributed by atoms with Crippen LogP contribution in [-0.4, -0.2) is 31.1 Å². The van der Waals surface area contributed by atoms with Crippen molar-refractivity contribution in [1.82, 2.24) is 4.90 Å². The molecule has 1 aliphatic heterocycles. The van der Waals surface area contributed by atoms with Crippen LogP contribution < -0.4 is 0 Å². The third-order valence-electron chi connectivity index (χ3n) is 4.65. The highest BCUT2D eigenvalue weighted by Gasteiger charge is 2.39. The smallest absolute Gasteiger partial charge is 0.310 e. The summed E-state index contributed by atoms with van der Waals surface area (Å²) in [5.74, 6) is 0.00400. The number of carbonyl (C=O) groups is 1. The van der Waals surface area contributed by atoms with Crippen LogP contribution in [0.15, 0.2) is 54.6 Å². The molecule has 3 heteroatoms. The molecule has 120 valence electrons. The molecule has 0 N–H and O–H groups in total. The van der Waals surface area contributed by atoms with Gasteiger partial charge in [0.25, 0.3) is 0 Å². The van der Waals surface area contributed by atoms with Gasteiger partial charge >= 0.3 is 5.97 Å². The second kappa shape index (κ2) is 6.97. The van der Waals surface area contributed by atoms with E-state index in [1.165, 1.54) is 23.8 Å². The molecule has 0 radical (unpaired) electrons. The number of aryl methyl sites for hydroxylation is 1. The minimum absolute atomic E-state index is 0.0913. The Morgan fingerprint density at radius 1 is 1.09 bits per heavy atom. The molecule has 0 aromatic heterocycles. The summed E-state index contributed by atoms with van der Waals surface area (Å²) >= 11 is 0. The summed E-state index contributed by atoms with van der Waals surface area (Å²) in [6.07, 6.45) is 0. The van der Waals surface area contributed by atoms with Crippen LogP contribution in [0, 0.1) is 12.8 Å². The highest BCUT2D eigenvalue weighted by molar-refractivity contribution is 5.74. The zero-order valence-electron chi connectivity index (χ0n) is 13.7. The van der Waals surface area contributed by atoms with Crippen molar-refractivity contribution in [2.45, 2.75) is 19.4 Å². The monoisotopic (exact) mass is 309 g/mol. The molecular weight excluding hydrogens is 286 g/mol. The molecule has 0 saturated carbocycles. The Balaban J connectivity index is 1.79. The Labute approximate surface area is 137 Å². The van der Waals surface area contributed by atoms with Crippen LogP contribution in [0.5, 0.6) is 0 Å². The van der Waals surface area contributed by atoms with Crippen molar-refractivity contribution in [2.75, 3.05) is 20.2 Å². The first kappa shape index (κ1) is 15.8. The van der Waals surface area contributed by atoms with Crippen LogP contribution in [-0.2, 0) is 16.1 Å². The lowest BCUT2D eigenvalue weighted by atomic mass is 9.88. The molecule has 3 nitrogen and oxygen atoms in total. The van der Waals surface area contributed by atoms with Crippen molar-refractivity contribution in [2.24, 2.45) is 5.92 Å². The number of hydrogen-bond acceptors (Lipinski definition) is 3. The number of nitrogens with zero attached hydrogens (tertiary/aromatic N) is 1.